The fraction of sp³-hybridized carbons (Fsp3) is 0.400. The minimum Gasteiger partial charge on any atom is -0.371 e. The number of piperidine rings is 1. The molecular formula is C15H17ClN2. The van der Waals surface area contributed by atoms with Gasteiger partial charge in [-0.05, 0) is 31.4 Å². The summed E-state index contributed by atoms with van der Waals surface area (Å²) in [4.78, 5) is 7.07. The van der Waals surface area contributed by atoms with Crippen LogP contribution in [-0.2, 0) is 5.88 Å². The summed E-state index contributed by atoms with van der Waals surface area (Å²) < 4.78 is 0. The van der Waals surface area contributed by atoms with Crippen LogP contribution in [0.5, 0.6) is 0 Å². The van der Waals surface area contributed by atoms with Crippen LogP contribution in [0, 0.1) is 0 Å². The summed E-state index contributed by atoms with van der Waals surface area (Å²) in [5, 5.41) is 1.24. The van der Waals surface area contributed by atoms with Gasteiger partial charge in [0.25, 0.3) is 0 Å². The molecule has 1 saturated heterocycles. The minimum absolute atomic E-state index is 0.478. The molecule has 1 aromatic carbocycles. The smallest absolute Gasteiger partial charge is 0.0726 e. The number of hydrogen-bond donors (Lipinski definition) is 0. The van der Waals surface area contributed by atoms with Crippen molar-refractivity contribution < 1.29 is 0 Å². The van der Waals surface area contributed by atoms with Gasteiger partial charge < -0.3 is 4.90 Å². The number of anilines is 1. The van der Waals surface area contributed by atoms with Crippen LogP contribution in [0.1, 0.15) is 25.0 Å². The molecule has 0 atom stereocenters. The Balaban J connectivity index is 2.12. The standard InChI is InChI=1S/C15H17ClN2/c16-11-12-10-15(18-8-4-1-5-9-18)13-6-2-3-7-14(13)17-12/h2-3,6-7,10H,1,4-5,8-9,11H2. The van der Waals surface area contributed by atoms with Crippen LogP contribution in [0.4, 0.5) is 5.69 Å². The molecule has 0 saturated carbocycles. The van der Waals surface area contributed by atoms with Crippen LogP contribution >= 0.6 is 11.6 Å². The first-order valence-corrected chi connectivity index (χ1v) is 7.11. The van der Waals surface area contributed by atoms with E-state index in [4.69, 9.17) is 11.6 Å². The van der Waals surface area contributed by atoms with E-state index in [1.807, 2.05) is 6.07 Å². The fourth-order valence-corrected chi connectivity index (χ4v) is 2.81. The molecule has 1 aliphatic rings. The molecule has 2 heterocycles. The maximum atomic E-state index is 5.96. The van der Waals surface area contributed by atoms with Crippen molar-refractivity contribution in [3.63, 3.8) is 0 Å². The number of aromatic nitrogens is 1. The van der Waals surface area contributed by atoms with E-state index in [2.05, 4.69) is 34.1 Å². The number of pyridine rings is 1. The molecule has 1 aromatic heterocycles. The zero-order valence-electron chi connectivity index (χ0n) is 10.4. The van der Waals surface area contributed by atoms with Gasteiger partial charge >= 0.3 is 0 Å². The number of alkyl halides is 1. The zero-order chi connectivity index (χ0) is 12.4. The molecule has 2 aromatic rings. The first kappa shape index (κ1) is 11.8. The van der Waals surface area contributed by atoms with E-state index in [-0.39, 0.29) is 0 Å². The average Bonchev–Trinajstić information content (AvgIpc) is 2.47. The largest absolute Gasteiger partial charge is 0.371 e. The van der Waals surface area contributed by atoms with Crippen LogP contribution in [0.2, 0.25) is 0 Å². The van der Waals surface area contributed by atoms with Gasteiger partial charge in [0.1, 0.15) is 0 Å². The van der Waals surface area contributed by atoms with Crippen LogP contribution in [-0.4, -0.2) is 18.1 Å². The molecule has 0 aliphatic carbocycles. The summed E-state index contributed by atoms with van der Waals surface area (Å²) in [7, 11) is 0. The molecule has 0 N–H and O–H groups in total. The Morgan fingerprint density at radius 2 is 1.89 bits per heavy atom. The lowest BCUT2D eigenvalue weighted by Gasteiger charge is -2.30. The van der Waals surface area contributed by atoms with Crippen LogP contribution < -0.4 is 4.90 Å². The minimum atomic E-state index is 0.478. The van der Waals surface area contributed by atoms with Crippen molar-refractivity contribution in [1.82, 2.24) is 4.98 Å². The summed E-state index contributed by atoms with van der Waals surface area (Å²) in [6.45, 7) is 2.30. The van der Waals surface area contributed by atoms with Gasteiger partial charge in [-0.1, -0.05) is 18.2 Å². The van der Waals surface area contributed by atoms with Gasteiger partial charge in [-0.15, -0.1) is 11.6 Å². The maximum absolute atomic E-state index is 5.96. The Morgan fingerprint density at radius 1 is 1.11 bits per heavy atom. The van der Waals surface area contributed by atoms with Crippen LogP contribution in [0.15, 0.2) is 30.3 Å². The van der Waals surface area contributed by atoms with Crippen LogP contribution in [0.25, 0.3) is 10.9 Å². The average molecular weight is 261 g/mol. The molecular weight excluding hydrogens is 244 g/mol. The van der Waals surface area contributed by atoms with E-state index in [1.54, 1.807) is 0 Å². The van der Waals surface area contributed by atoms with Gasteiger partial charge in [0, 0.05) is 24.2 Å². The second kappa shape index (κ2) is 5.15. The summed E-state index contributed by atoms with van der Waals surface area (Å²) in [5.74, 6) is 0.478. The van der Waals surface area contributed by atoms with E-state index in [0.717, 1.165) is 24.3 Å². The highest BCUT2D eigenvalue weighted by Crippen LogP contribution is 2.29. The topological polar surface area (TPSA) is 16.1 Å². The van der Waals surface area contributed by atoms with E-state index in [1.165, 1.54) is 30.3 Å². The van der Waals surface area contributed by atoms with Crippen molar-refractivity contribution in [3.8, 4) is 0 Å². The van der Waals surface area contributed by atoms with E-state index >= 15 is 0 Å². The highest BCUT2D eigenvalue weighted by Gasteiger charge is 2.14. The Morgan fingerprint density at radius 3 is 2.67 bits per heavy atom. The summed E-state index contributed by atoms with van der Waals surface area (Å²) in [6, 6.07) is 10.5. The predicted octanol–water partition coefficient (Wildman–Crippen LogP) is 3.96. The Bertz CT molecular complexity index is 547. The van der Waals surface area contributed by atoms with Gasteiger partial charge in [-0.3, -0.25) is 4.98 Å². The van der Waals surface area contributed by atoms with Crippen molar-refractivity contribution in [3.05, 3.63) is 36.0 Å². The quantitative estimate of drug-likeness (QED) is 0.760. The molecule has 94 valence electrons. The molecule has 0 bridgehead atoms. The number of halogens is 1. The summed E-state index contributed by atoms with van der Waals surface area (Å²) in [6.07, 6.45) is 3.92. The van der Waals surface area contributed by atoms with Crippen molar-refractivity contribution >= 4 is 28.2 Å². The number of fused-ring (bicyclic) bond motifs is 1. The number of para-hydroxylation sites is 1. The predicted molar refractivity (Wildman–Crippen MR) is 77.4 cm³/mol. The SMILES string of the molecule is ClCc1cc(N2CCCCC2)c2ccccc2n1. The lowest BCUT2D eigenvalue weighted by atomic mass is 10.1. The zero-order valence-corrected chi connectivity index (χ0v) is 11.2. The van der Waals surface area contributed by atoms with Crippen molar-refractivity contribution in [1.29, 1.82) is 0 Å². The third-order valence-electron chi connectivity index (χ3n) is 3.58. The Kier molecular flexibility index (Phi) is 3.37. The fourth-order valence-electron chi connectivity index (χ4n) is 2.68. The van der Waals surface area contributed by atoms with Gasteiger partial charge in [0.05, 0.1) is 17.1 Å². The van der Waals surface area contributed by atoms with E-state index in [9.17, 15) is 0 Å². The normalized spacial score (nSPS) is 16.2. The lowest BCUT2D eigenvalue weighted by Crippen LogP contribution is -2.29. The molecule has 0 spiro atoms. The van der Waals surface area contributed by atoms with Crippen molar-refractivity contribution in [2.45, 2.75) is 25.1 Å². The number of nitrogens with zero attached hydrogens (tertiary/aromatic N) is 2. The lowest BCUT2D eigenvalue weighted by molar-refractivity contribution is 0.579. The van der Waals surface area contributed by atoms with Gasteiger partial charge in [0.15, 0.2) is 0 Å². The van der Waals surface area contributed by atoms with Crippen LogP contribution in [0.3, 0.4) is 0 Å². The summed E-state index contributed by atoms with van der Waals surface area (Å²) >= 11 is 5.96. The molecule has 3 heteroatoms. The molecule has 0 radical (unpaired) electrons. The Labute approximate surface area is 113 Å². The first-order chi connectivity index (χ1) is 8.88. The highest BCUT2D eigenvalue weighted by molar-refractivity contribution is 6.17. The number of benzene rings is 1. The Hall–Kier alpha value is -1.28. The highest BCUT2D eigenvalue weighted by atomic mass is 35.5. The molecule has 1 aliphatic heterocycles. The van der Waals surface area contributed by atoms with Gasteiger partial charge in [-0.2, -0.15) is 0 Å². The molecule has 1 fully saturated rings. The molecule has 0 unspecified atom stereocenters. The van der Waals surface area contributed by atoms with E-state index < -0.39 is 0 Å². The monoisotopic (exact) mass is 260 g/mol. The molecule has 3 rings (SSSR count). The van der Waals surface area contributed by atoms with Gasteiger partial charge in [0.2, 0.25) is 0 Å². The summed E-state index contributed by atoms with van der Waals surface area (Å²) in [5.41, 5.74) is 3.32. The first-order valence-electron chi connectivity index (χ1n) is 6.58. The van der Waals surface area contributed by atoms with Gasteiger partial charge in [-0.25, -0.2) is 0 Å². The molecule has 18 heavy (non-hydrogen) atoms. The second-order valence-corrected chi connectivity index (χ2v) is 5.10. The molecule has 0 amide bonds. The van der Waals surface area contributed by atoms with E-state index in [0.29, 0.717) is 5.88 Å². The third-order valence-corrected chi connectivity index (χ3v) is 3.85. The number of rotatable bonds is 2. The maximum Gasteiger partial charge on any atom is 0.0726 e. The second-order valence-electron chi connectivity index (χ2n) is 4.83. The molecule has 2 nitrogen and oxygen atoms in total. The van der Waals surface area contributed by atoms with Crippen molar-refractivity contribution in [2.75, 3.05) is 18.0 Å². The number of hydrogen-bond acceptors (Lipinski definition) is 2. The van der Waals surface area contributed by atoms with Crippen molar-refractivity contribution in [2.24, 2.45) is 0 Å². The third kappa shape index (κ3) is 2.17.